The maximum absolute atomic E-state index is 5.41. The van der Waals surface area contributed by atoms with E-state index in [1.54, 1.807) is 0 Å². The molecule has 0 aliphatic carbocycles. The first-order valence-corrected chi connectivity index (χ1v) is 6.47. The van der Waals surface area contributed by atoms with Gasteiger partial charge in [0.15, 0.2) is 0 Å². The first kappa shape index (κ1) is 12.6. The van der Waals surface area contributed by atoms with E-state index in [1.807, 2.05) is 0 Å². The molecule has 2 heterocycles. The highest BCUT2D eigenvalue weighted by Gasteiger charge is 2.19. The lowest BCUT2D eigenvalue weighted by Gasteiger charge is -2.22. The molecule has 1 N–H and O–H groups in total. The third-order valence-corrected chi connectivity index (χ3v) is 3.75. The highest BCUT2D eigenvalue weighted by Crippen LogP contribution is 2.14. The predicted octanol–water partition coefficient (Wildman–Crippen LogP) is 1.68. The van der Waals surface area contributed by atoms with E-state index in [0.29, 0.717) is 6.04 Å². The molecular formula is C13H23N3O. The molecule has 96 valence electrons. The lowest BCUT2D eigenvalue weighted by molar-refractivity contribution is 0.158. The molecule has 1 aliphatic rings. The van der Waals surface area contributed by atoms with Crippen molar-refractivity contribution in [2.24, 2.45) is 0 Å². The highest BCUT2D eigenvalue weighted by atomic mass is 16.5. The second-order valence-corrected chi connectivity index (χ2v) is 5.01. The smallest absolute Gasteiger partial charge is 0.0625 e. The van der Waals surface area contributed by atoms with Gasteiger partial charge in [0, 0.05) is 18.3 Å². The number of aryl methyl sites for hydroxylation is 2. The van der Waals surface area contributed by atoms with E-state index >= 15 is 0 Å². The first-order valence-electron chi connectivity index (χ1n) is 6.47. The fourth-order valence-corrected chi connectivity index (χ4v) is 2.50. The largest absolute Gasteiger partial charge is 0.380 e. The number of H-pyrrole nitrogens is 1. The number of hydrogen-bond donors (Lipinski definition) is 1. The van der Waals surface area contributed by atoms with Gasteiger partial charge in [-0.15, -0.1) is 0 Å². The normalized spacial score (nSPS) is 20.4. The van der Waals surface area contributed by atoms with Crippen LogP contribution < -0.4 is 0 Å². The summed E-state index contributed by atoms with van der Waals surface area (Å²) >= 11 is 0. The van der Waals surface area contributed by atoms with Gasteiger partial charge in [-0.3, -0.25) is 5.10 Å². The van der Waals surface area contributed by atoms with Crippen molar-refractivity contribution in [3.05, 3.63) is 17.0 Å². The molecule has 0 radical (unpaired) electrons. The molecule has 1 fully saturated rings. The molecule has 0 saturated carbocycles. The van der Waals surface area contributed by atoms with Crippen LogP contribution >= 0.6 is 0 Å². The Hall–Kier alpha value is -0.870. The fraction of sp³-hybridized carbons (Fsp3) is 0.769. The number of nitrogens with zero attached hydrogens (tertiary/aromatic N) is 2. The lowest BCUT2D eigenvalue weighted by Crippen LogP contribution is -2.32. The molecule has 4 nitrogen and oxygen atoms in total. The summed E-state index contributed by atoms with van der Waals surface area (Å²) in [5.74, 6) is 0. The maximum atomic E-state index is 5.41. The van der Waals surface area contributed by atoms with Crippen molar-refractivity contribution >= 4 is 0 Å². The zero-order valence-electron chi connectivity index (χ0n) is 11.1. The van der Waals surface area contributed by atoms with Gasteiger partial charge in [0.1, 0.15) is 0 Å². The van der Waals surface area contributed by atoms with Crippen molar-refractivity contribution in [3.8, 4) is 0 Å². The van der Waals surface area contributed by atoms with E-state index in [2.05, 4.69) is 36.0 Å². The topological polar surface area (TPSA) is 41.2 Å². The van der Waals surface area contributed by atoms with Gasteiger partial charge in [0.25, 0.3) is 0 Å². The van der Waals surface area contributed by atoms with Crippen LogP contribution in [-0.4, -0.2) is 47.9 Å². The summed E-state index contributed by atoms with van der Waals surface area (Å²) in [4.78, 5) is 2.43. The van der Waals surface area contributed by atoms with Crippen molar-refractivity contribution < 1.29 is 4.74 Å². The third-order valence-electron chi connectivity index (χ3n) is 3.75. The summed E-state index contributed by atoms with van der Waals surface area (Å²) in [6, 6.07) is 0.626. The van der Waals surface area contributed by atoms with Crippen molar-refractivity contribution in [1.29, 1.82) is 0 Å². The van der Waals surface area contributed by atoms with Crippen molar-refractivity contribution in [2.75, 3.05) is 26.8 Å². The Balaban J connectivity index is 1.75. The van der Waals surface area contributed by atoms with E-state index in [1.165, 1.54) is 24.1 Å². The van der Waals surface area contributed by atoms with Crippen LogP contribution in [0.15, 0.2) is 0 Å². The Labute approximate surface area is 103 Å². The number of likely N-dealkylation sites (N-methyl/N-ethyl adjacent to an activating group) is 1. The first-order chi connectivity index (χ1) is 8.18. The minimum absolute atomic E-state index is 0.626. The van der Waals surface area contributed by atoms with E-state index < -0.39 is 0 Å². The molecule has 0 aromatic carbocycles. The van der Waals surface area contributed by atoms with Gasteiger partial charge in [-0.1, -0.05) is 0 Å². The van der Waals surface area contributed by atoms with Crippen LogP contribution in [0.1, 0.15) is 29.8 Å². The monoisotopic (exact) mass is 237 g/mol. The molecule has 1 aromatic rings. The third kappa shape index (κ3) is 3.07. The summed E-state index contributed by atoms with van der Waals surface area (Å²) in [6.07, 6.45) is 3.49. The fourth-order valence-electron chi connectivity index (χ4n) is 2.50. The zero-order valence-corrected chi connectivity index (χ0v) is 11.1. The van der Waals surface area contributed by atoms with Crippen LogP contribution in [-0.2, 0) is 11.2 Å². The number of hydrogen-bond acceptors (Lipinski definition) is 3. The molecule has 1 aromatic heterocycles. The summed E-state index contributed by atoms with van der Waals surface area (Å²) in [7, 11) is 2.20. The minimum atomic E-state index is 0.626. The number of rotatable bonds is 5. The zero-order chi connectivity index (χ0) is 12.3. The maximum Gasteiger partial charge on any atom is 0.0625 e. The number of nitrogens with one attached hydrogen (secondary N) is 1. The van der Waals surface area contributed by atoms with Gasteiger partial charge in [0.2, 0.25) is 0 Å². The molecule has 17 heavy (non-hydrogen) atoms. The second-order valence-electron chi connectivity index (χ2n) is 5.01. The minimum Gasteiger partial charge on any atom is -0.380 e. The Kier molecular flexibility index (Phi) is 4.18. The quantitative estimate of drug-likeness (QED) is 0.847. The predicted molar refractivity (Wildman–Crippen MR) is 68.2 cm³/mol. The lowest BCUT2D eigenvalue weighted by atomic mass is 10.1. The van der Waals surface area contributed by atoms with E-state index in [-0.39, 0.29) is 0 Å². The summed E-state index contributed by atoms with van der Waals surface area (Å²) in [6.45, 7) is 7.14. The van der Waals surface area contributed by atoms with E-state index in [4.69, 9.17) is 4.74 Å². The molecule has 1 aliphatic heterocycles. The molecule has 4 heteroatoms. The van der Waals surface area contributed by atoms with Crippen molar-refractivity contribution in [1.82, 2.24) is 15.1 Å². The number of ether oxygens (including phenoxy) is 1. The molecule has 2 rings (SSSR count). The Bertz CT molecular complexity index is 336. The SMILES string of the molecule is Cc1n[nH]c(C)c1CCCN(C)C1CCOC1. The molecular weight excluding hydrogens is 214 g/mol. The Morgan fingerprint density at radius 3 is 2.88 bits per heavy atom. The van der Waals surface area contributed by atoms with Crippen LogP contribution in [0, 0.1) is 13.8 Å². The number of aromatic nitrogens is 2. The van der Waals surface area contributed by atoms with Crippen LogP contribution in [0.5, 0.6) is 0 Å². The molecule has 0 spiro atoms. The standard InChI is InChI=1S/C13H23N3O/c1-10-13(11(2)15-14-10)5-4-7-16(3)12-6-8-17-9-12/h12H,4-9H2,1-3H3,(H,14,15). The Morgan fingerprint density at radius 2 is 2.29 bits per heavy atom. The van der Waals surface area contributed by atoms with Crippen molar-refractivity contribution in [3.63, 3.8) is 0 Å². The summed E-state index contributed by atoms with van der Waals surface area (Å²) in [5.41, 5.74) is 3.75. The van der Waals surface area contributed by atoms with Gasteiger partial charge >= 0.3 is 0 Å². The van der Waals surface area contributed by atoms with Gasteiger partial charge in [-0.25, -0.2) is 0 Å². The van der Waals surface area contributed by atoms with Gasteiger partial charge in [-0.2, -0.15) is 5.10 Å². The van der Waals surface area contributed by atoms with Crippen molar-refractivity contribution in [2.45, 2.75) is 39.2 Å². The van der Waals surface area contributed by atoms with Crippen LogP contribution in [0.2, 0.25) is 0 Å². The van der Waals surface area contributed by atoms with E-state index in [0.717, 1.165) is 31.9 Å². The van der Waals surface area contributed by atoms with Gasteiger partial charge < -0.3 is 9.64 Å². The average Bonchev–Trinajstić information content (AvgIpc) is 2.93. The van der Waals surface area contributed by atoms with Gasteiger partial charge in [0.05, 0.1) is 12.3 Å². The summed E-state index contributed by atoms with van der Waals surface area (Å²) in [5, 5.41) is 7.28. The number of aromatic amines is 1. The molecule has 0 bridgehead atoms. The highest BCUT2D eigenvalue weighted by molar-refractivity contribution is 5.23. The molecule has 1 saturated heterocycles. The summed E-state index contributed by atoms with van der Waals surface area (Å²) < 4.78 is 5.41. The molecule has 1 atom stereocenters. The second kappa shape index (κ2) is 5.65. The van der Waals surface area contributed by atoms with Crippen LogP contribution in [0.3, 0.4) is 0 Å². The molecule has 0 amide bonds. The van der Waals surface area contributed by atoms with Crippen LogP contribution in [0.4, 0.5) is 0 Å². The van der Waals surface area contributed by atoms with Gasteiger partial charge in [-0.05, 0) is 52.3 Å². The molecule has 1 unspecified atom stereocenters. The van der Waals surface area contributed by atoms with Crippen LogP contribution in [0.25, 0.3) is 0 Å². The average molecular weight is 237 g/mol. The van der Waals surface area contributed by atoms with E-state index in [9.17, 15) is 0 Å². The Morgan fingerprint density at radius 1 is 1.47 bits per heavy atom.